The van der Waals surface area contributed by atoms with E-state index in [0.29, 0.717) is 30.8 Å². The average Bonchev–Trinajstić information content (AvgIpc) is 3.09. The molecule has 2 fully saturated rings. The zero-order valence-corrected chi connectivity index (χ0v) is 27.8. The molecule has 10 nitrogen and oxygen atoms in total. The standard InChI is InChI=1S/C39H38N2O8/c1-22-8-5-6-10-27(22)37-45-20-26(21-46-37)28-16-31(48-35(43)24-13-11-23(18-40)12-14-24)39(4)34(38(28,2)3)33(42)32-30(49-39)17-29(47-36(32)44)25-9-7-15-41-19-25/h5-15,17,19,26,28,31,33-34,37,42H,16,20-21H2,1-4H3/t26?,28-,31-,33-,34+,37?,39+/m0/s1. The molecule has 252 valence electrons. The molecule has 0 amide bonds. The third-order valence-electron chi connectivity index (χ3n) is 10.8. The van der Waals surface area contributed by atoms with Gasteiger partial charge in [-0.3, -0.25) is 4.98 Å². The van der Waals surface area contributed by atoms with Gasteiger partial charge in [-0.05, 0) is 73.6 Å². The molecule has 0 bridgehead atoms. The van der Waals surface area contributed by atoms with Crippen molar-refractivity contribution in [2.24, 2.45) is 23.2 Å². The van der Waals surface area contributed by atoms with E-state index in [4.69, 9.17) is 23.4 Å². The predicted octanol–water partition coefficient (Wildman–Crippen LogP) is 6.32. The van der Waals surface area contributed by atoms with Gasteiger partial charge in [0.1, 0.15) is 28.8 Å². The monoisotopic (exact) mass is 662 g/mol. The normalized spacial score (nSPS) is 28.7. The number of carbonyl (C=O) groups is 1. The van der Waals surface area contributed by atoms with E-state index in [0.717, 1.165) is 11.1 Å². The summed E-state index contributed by atoms with van der Waals surface area (Å²) >= 11 is 0. The van der Waals surface area contributed by atoms with Gasteiger partial charge < -0.3 is 28.5 Å². The third kappa shape index (κ3) is 5.72. The number of pyridine rings is 1. The summed E-state index contributed by atoms with van der Waals surface area (Å²) in [5.41, 5.74) is 0.709. The largest absolute Gasteiger partial charge is 0.482 e. The molecule has 1 N–H and O–H groups in total. The second kappa shape index (κ2) is 12.6. The number of benzene rings is 2. The number of nitrogens with zero attached hydrogens (tertiary/aromatic N) is 2. The Labute approximate surface area is 284 Å². The molecule has 1 aliphatic carbocycles. The van der Waals surface area contributed by atoms with Gasteiger partial charge in [0.05, 0.1) is 36.5 Å². The molecular weight excluding hydrogens is 624 g/mol. The van der Waals surface area contributed by atoms with Crippen molar-refractivity contribution >= 4 is 5.97 Å². The minimum absolute atomic E-state index is 0.0248. The van der Waals surface area contributed by atoms with Crippen LogP contribution < -0.4 is 10.4 Å². The van der Waals surface area contributed by atoms with Crippen LogP contribution in [-0.2, 0) is 14.2 Å². The van der Waals surface area contributed by atoms with Crippen molar-refractivity contribution in [2.75, 3.05) is 13.2 Å². The average molecular weight is 663 g/mol. The number of hydrogen-bond acceptors (Lipinski definition) is 10. The molecule has 49 heavy (non-hydrogen) atoms. The molecule has 0 radical (unpaired) electrons. The summed E-state index contributed by atoms with van der Waals surface area (Å²) < 4.78 is 31.4. The first-order chi connectivity index (χ1) is 23.5. The Bertz CT molecular complexity index is 1960. The maximum Gasteiger partial charge on any atom is 0.345 e. The van der Waals surface area contributed by atoms with E-state index in [1.807, 2.05) is 38.1 Å². The topological polar surface area (TPSA) is 141 Å². The third-order valence-corrected chi connectivity index (χ3v) is 10.8. The molecule has 4 heterocycles. The minimum Gasteiger partial charge on any atom is -0.482 e. The summed E-state index contributed by atoms with van der Waals surface area (Å²) in [4.78, 5) is 31.4. The number of fused-ring (bicyclic) bond motifs is 2. The molecule has 4 aromatic rings. The summed E-state index contributed by atoms with van der Waals surface area (Å²) in [7, 11) is 0. The molecule has 1 saturated carbocycles. The van der Waals surface area contributed by atoms with Crippen LogP contribution in [0.15, 0.2) is 88.3 Å². The zero-order valence-electron chi connectivity index (χ0n) is 27.8. The summed E-state index contributed by atoms with van der Waals surface area (Å²) in [6.45, 7) is 8.73. The molecule has 0 spiro atoms. The van der Waals surface area contributed by atoms with Gasteiger partial charge in [0, 0.05) is 41.4 Å². The lowest BCUT2D eigenvalue weighted by Crippen LogP contribution is -2.67. The van der Waals surface area contributed by atoms with Crippen molar-refractivity contribution in [2.45, 2.75) is 58.2 Å². The maximum atomic E-state index is 13.7. The predicted molar refractivity (Wildman–Crippen MR) is 177 cm³/mol. The molecule has 0 unspecified atom stereocenters. The first kappa shape index (κ1) is 32.7. The Morgan fingerprint density at radius 3 is 2.45 bits per heavy atom. The van der Waals surface area contributed by atoms with Crippen LogP contribution in [0.5, 0.6) is 5.75 Å². The highest BCUT2D eigenvalue weighted by molar-refractivity contribution is 5.89. The minimum atomic E-state index is -1.30. The van der Waals surface area contributed by atoms with Crippen LogP contribution >= 0.6 is 0 Å². The van der Waals surface area contributed by atoms with Gasteiger partial charge in [-0.1, -0.05) is 38.1 Å². The van der Waals surface area contributed by atoms with E-state index >= 15 is 0 Å². The number of aryl methyl sites for hydroxylation is 1. The fourth-order valence-electron chi connectivity index (χ4n) is 8.30. The summed E-state index contributed by atoms with van der Waals surface area (Å²) in [5, 5.41) is 21.4. The van der Waals surface area contributed by atoms with Crippen molar-refractivity contribution < 1.29 is 33.3 Å². The molecule has 3 aliphatic rings. The first-order valence-corrected chi connectivity index (χ1v) is 16.5. The highest BCUT2D eigenvalue weighted by Gasteiger charge is 2.65. The Morgan fingerprint density at radius 1 is 1.04 bits per heavy atom. The molecule has 2 aromatic heterocycles. The number of esters is 1. The van der Waals surface area contributed by atoms with Gasteiger partial charge in [-0.2, -0.15) is 5.26 Å². The highest BCUT2D eigenvalue weighted by atomic mass is 16.7. The van der Waals surface area contributed by atoms with Crippen molar-refractivity contribution in [1.82, 2.24) is 4.98 Å². The Hall–Kier alpha value is -4.82. The number of ether oxygens (including phenoxy) is 4. The molecule has 5 atom stereocenters. The second-order valence-corrected chi connectivity index (χ2v) is 14.0. The quantitative estimate of drug-likeness (QED) is 0.242. The highest BCUT2D eigenvalue weighted by Crippen LogP contribution is 2.61. The van der Waals surface area contributed by atoms with E-state index in [9.17, 15) is 20.0 Å². The first-order valence-electron chi connectivity index (χ1n) is 16.5. The van der Waals surface area contributed by atoms with Crippen molar-refractivity contribution in [1.29, 1.82) is 5.26 Å². The van der Waals surface area contributed by atoms with Crippen molar-refractivity contribution in [3.63, 3.8) is 0 Å². The molecule has 2 aliphatic heterocycles. The number of aliphatic hydroxyl groups is 1. The van der Waals surface area contributed by atoms with Gasteiger partial charge in [-0.15, -0.1) is 0 Å². The van der Waals surface area contributed by atoms with Crippen LogP contribution in [0.1, 0.15) is 72.2 Å². The lowest BCUT2D eigenvalue weighted by atomic mass is 9.50. The van der Waals surface area contributed by atoms with Crippen LogP contribution in [0.2, 0.25) is 0 Å². The Balaban J connectivity index is 1.26. The van der Waals surface area contributed by atoms with Gasteiger partial charge in [-0.25, -0.2) is 9.59 Å². The number of rotatable bonds is 5. The lowest BCUT2D eigenvalue weighted by Gasteiger charge is -2.61. The van der Waals surface area contributed by atoms with Gasteiger partial charge >= 0.3 is 11.6 Å². The molecule has 2 aromatic carbocycles. The number of nitriles is 1. The molecule has 1 saturated heterocycles. The Morgan fingerprint density at radius 2 is 1.78 bits per heavy atom. The van der Waals surface area contributed by atoms with Gasteiger partial charge in [0.2, 0.25) is 0 Å². The number of aromatic nitrogens is 1. The summed E-state index contributed by atoms with van der Waals surface area (Å²) in [5.74, 6) is -1.18. The van der Waals surface area contributed by atoms with Crippen molar-refractivity contribution in [3.8, 4) is 23.1 Å². The smallest absolute Gasteiger partial charge is 0.345 e. The van der Waals surface area contributed by atoms with E-state index < -0.39 is 47.0 Å². The van der Waals surface area contributed by atoms with Crippen LogP contribution in [0, 0.1) is 41.4 Å². The number of carbonyl (C=O) groups excluding carboxylic acids is 1. The van der Waals surface area contributed by atoms with Gasteiger partial charge in [0.25, 0.3) is 0 Å². The van der Waals surface area contributed by atoms with Crippen LogP contribution in [0.3, 0.4) is 0 Å². The Kier molecular flexibility index (Phi) is 8.39. The molecule has 10 heteroatoms. The SMILES string of the molecule is Cc1ccccc1C1OCC([C@@H]2C[C@H](OC(=O)c3ccc(C#N)cc3)[C@@]3(C)Oc4cc(-c5cccnc5)oc(=O)c4[C@H](O)[C@@H]3C2(C)C)CO1. The second-order valence-electron chi connectivity index (χ2n) is 14.0. The maximum absolute atomic E-state index is 13.7. The molecular formula is C39H38N2O8. The fraction of sp³-hybridized carbons (Fsp3) is 0.385. The molecule has 7 rings (SSSR count). The van der Waals surface area contributed by atoms with Crippen LogP contribution in [0.25, 0.3) is 11.3 Å². The van der Waals surface area contributed by atoms with E-state index in [1.54, 1.807) is 54.9 Å². The number of hydrogen-bond donors (Lipinski definition) is 1. The fourth-order valence-corrected chi connectivity index (χ4v) is 8.30. The van der Waals surface area contributed by atoms with E-state index in [-0.39, 0.29) is 34.5 Å². The van der Waals surface area contributed by atoms with Gasteiger partial charge in [0.15, 0.2) is 6.29 Å². The summed E-state index contributed by atoms with van der Waals surface area (Å²) in [6, 6.07) is 21.3. The van der Waals surface area contributed by atoms with E-state index in [1.165, 1.54) is 0 Å². The number of aliphatic hydroxyl groups excluding tert-OH is 1. The van der Waals surface area contributed by atoms with Crippen LogP contribution in [0.4, 0.5) is 0 Å². The van der Waals surface area contributed by atoms with Crippen LogP contribution in [-0.4, -0.2) is 41.0 Å². The zero-order chi connectivity index (χ0) is 34.5. The van der Waals surface area contributed by atoms with E-state index in [2.05, 4.69) is 24.9 Å². The van der Waals surface area contributed by atoms with Crippen molar-refractivity contribution in [3.05, 3.63) is 117 Å². The summed E-state index contributed by atoms with van der Waals surface area (Å²) in [6.07, 6.45) is 0.922. The lowest BCUT2D eigenvalue weighted by molar-refractivity contribution is -0.255.